The van der Waals surface area contributed by atoms with E-state index in [2.05, 4.69) is 10.3 Å². The molecule has 0 amide bonds. The first-order valence-corrected chi connectivity index (χ1v) is 4.79. The molecule has 0 saturated heterocycles. The Morgan fingerprint density at radius 1 is 1.43 bits per heavy atom. The molecule has 0 aliphatic heterocycles. The molecule has 0 spiro atoms. The Morgan fingerprint density at radius 3 is 2.50 bits per heavy atom. The number of rotatable bonds is 1. The summed E-state index contributed by atoms with van der Waals surface area (Å²) in [7, 11) is 0. The van der Waals surface area contributed by atoms with Gasteiger partial charge in [0.25, 0.3) is 5.11 Å². The zero-order valence-electron chi connectivity index (χ0n) is 7.67. The molecule has 14 heavy (non-hydrogen) atoms. The van der Waals surface area contributed by atoms with Crippen LogP contribution in [-0.2, 0) is 0 Å². The maximum Gasteiger partial charge on any atom is 0.292 e. The fraction of sp³-hybridized carbons (Fsp3) is 0.111. The lowest BCUT2D eigenvalue weighted by molar-refractivity contribution is -0.312. The van der Waals surface area contributed by atoms with Crippen LogP contribution in [0.5, 0.6) is 0 Å². The van der Waals surface area contributed by atoms with Gasteiger partial charge in [-0.05, 0) is 36.5 Å². The Balaban J connectivity index is 2.66. The summed E-state index contributed by atoms with van der Waals surface area (Å²) in [6.07, 6.45) is 0. The van der Waals surface area contributed by atoms with Crippen molar-refractivity contribution in [3.05, 3.63) is 29.3 Å². The summed E-state index contributed by atoms with van der Waals surface area (Å²) in [5.74, 6) is 0.552. The Morgan fingerprint density at radius 2 is 2.00 bits per heavy atom. The van der Waals surface area contributed by atoms with Crippen molar-refractivity contribution in [3.8, 4) is 0 Å². The lowest BCUT2D eigenvalue weighted by Crippen LogP contribution is -2.80. The quantitative estimate of drug-likeness (QED) is 0.373. The molecular weight excluding hydrogens is 218 g/mol. The van der Waals surface area contributed by atoms with Crippen molar-refractivity contribution in [3.63, 3.8) is 0 Å². The summed E-state index contributed by atoms with van der Waals surface area (Å²) in [5, 5.41) is 4.12. The first-order chi connectivity index (χ1) is 6.58. The number of anilines is 1. The summed E-state index contributed by atoms with van der Waals surface area (Å²) in [6.45, 7) is 1.73. The predicted molar refractivity (Wildman–Crippen MR) is 63.5 cm³/mol. The van der Waals surface area contributed by atoms with E-state index < -0.39 is 0 Å². The molecule has 4 N–H and O–H groups in total. The van der Waals surface area contributed by atoms with Gasteiger partial charge < -0.3 is 5.73 Å². The molecule has 0 aliphatic carbocycles. The highest BCUT2D eigenvalue weighted by Crippen LogP contribution is 2.12. The third-order valence-electron chi connectivity index (χ3n) is 1.41. The summed E-state index contributed by atoms with van der Waals surface area (Å²) in [4.78, 5) is 2.79. The van der Waals surface area contributed by atoms with Crippen molar-refractivity contribution < 1.29 is 4.99 Å². The first kappa shape index (κ1) is 10.9. The number of hydrogen-bond acceptors (Lipinski definition) is 1. The second-order valence-electron chi connectivity index (χ2n) is 2.77. The van der Waals surface area contributed by atoms with E-state index in [1.807, 2.05) is 12.1 Å². The predicted octanol–water partition coefficient (Wildman–Crippen LogP) is 0.495. The van der Waals surface area contributed by atoms with E-state index in [4.69, 9.17) is 29.6 Å². The summed E-state index contributed by atoms with van der Waals surface area (Å²) < 4.78 is 0. The SMILES string of the molecule is CC(N)=[NH+]C(=S)Nc1ccc(Cl)cc1. The lowest BCUT2D eigenvalue weighted by Gasteiger charge is -1.99. The molecule has 1 rings (SSSR count). The number of nitrogens with one attached hydrogen (secondary N) is 2. The molecule has 0 unspecified atom stereocenters. The molecule has 0 aliphatic rings. The molecule has 0 bridgehead atoms. The summed E-state index contributed by atoms with van der Waals surface area (Å²) >= 11 is 10.7. The molecule has 0 atom stereocenters. The Hall–Kier alpha value is -1.13. The number of halogens is 1. The summed E-state index contributed by atoms with van der Waals surface area (Å²) in [5.41, 5.74) is 6.30. The summed E-state index contributed by atoms with van der Waals surface area (Å²) in [6, 6.07) is 7.24. The standard InChI is InChI=1S/C9H10ClN3S/c1-6(11)12-9(14)13-8-4-2-7(10)3-5-8/h2-5H,1H3,(H3,11,12,13,14)/p+1. The molecule has 5 heteroatoms. The van der Waals surface area contributed by atoms with Gasteiger partial charge in [-0.3, -0.25) is 5.32 Å². The van der Waals surface area contributed by atoms with Crippen molar-refractivity contribution in [2.75, 3.05) is 5.32 Å². The molecule has 0 fully saturated rings. The van der Waals surface area contributed by atoms with Gasteiger partial charge in [0.05, 0.1) is 5.69 Å². The number of thiocarbonyl (C=S) groups is 1. The minimum absolute atomic E-state index is 0.465. The zero-order valence-corrected chi connectivity index (χ0v) is 9.25. The molecule has 0 aromatic heterocycles. The van der Waals surface area contributed by atoms with Crippen LogP contribution in [0, 0.1) is 0 Å². The average Bonchev–Trinajstić information content (AvgIpc) is 2.07. The zero-order chi connectivity index (χ0) is 10.6. The topological polar surface area (TPSA) is 52.0 Å². The number of amidine groups is 1. The van der Waals surface area contributed by atoms with Gasteiger partial charge in [0.1, 0.15) is 0 Å². The Bertz CT molecular complexity index is 355. The third-order valence-corrected chi connectivity index (χ3v) is 1.87. The van der Waals surface area contributed by atoms with Gasteiger partial charge in [0.15, 0.2) is 5.84 Å². The van der Waals surface area contributed by atoms with E-state index in [0.717, 1.165) is 5.69 Å². The second-order valence-corrected chi connectivity index (χ2v) is 3.61. The maximum atomic E-state index is 5.73. The fourth-order valence-electron chi connectivity index (χ4n) is 0.875. The van der Waals surface area contributed by atoms with Gasteiger partial charge in [0, 0.05) is 11.9 Å². The maximum absolute atomic E-state index is 5.73. The highest BCUT2D eigenvalue weighted by atomic mass is 35.5. The average molecular weight is 229 g/mol. The minimum atomic E-state index is 0.465. The molecule has 1 aromatic rings. The van der Waals surface area contributed by atoms with Crippen LogP contribution in [0.15, 0.2) is 24.3 Å². The fourth-order valence-corrected chi connectivity index (χ4v) is 1.28. The normalized spacial score (nSPS) is 11.1. The van der Waals surface area contributed by atoms with Gasteiger partial charge in [-0.25, -0.2) is 4.99 Å². The Kier molecular flexibility index (Phi) is 3.85. The van der Waals surface area contributed by atoms with E-state index in [9.17, 15) is 0 Å². The first-order valence-electron chi connectivity index (χ1n) is 4.00. The van der Waals surface area contributed by atoms with E-state index in [1.165, 1.54) is 0 Å². The van der Waals surface area contributed by atoms with E-state index in [1.54, 1.807) is 19.1 Å². The molecule has 0 heterocycles. The van der Waals surface area contributed by atoms with Gasteiger partial charge in [-0.2, -0.15) is 0 Å². The molecule has 74 valence electrons. The number of benzene rings is 1. The lowest BCUT2D eigenvalue weighted by atomic mass is 10.3. The number of nitrogens with two attached hydrogens (primary N) is 1. The van der Waals surface area contributed by atoms with Crippen molar-refractivity contribution in [1.29, 1.82) is 0 Å². The van der Waals surface area contributed by atoms with Crippen LogP contribution < -0.4 is 16.0 Å². The third kappa shape index (κ3) is 3.72. The molecular formula is C9H11ClN3S+. The van der Waals surface area contributed by atoms with Crippen molar-refractivity contribution in [2.45, 2.75) is 6.92 Å². The van der Waals surface area contributed by atoms with Crippen LogP contribution in [0.2, 0.25) is 5.02 Å². The molecule has 0 saturated carbocycles. The van der Waals surface area contributed by atoms with Crippen LogP contribution in [0.3, 0.4) is 0 Å². The van der Waals surface area contributed by atoms with Crippen LogP contribution in [-0.4, -0.2) is 10.9 Å². The largest absolute Gasteiger partial charge is 0.323 e. The van der Waals surface area contributed by atoms with Crippen LogP contribution in [0.25, 0.3) is 0 Å². The van der Waals surface area contributed by atoms with Gasteiger partial charge >= 0.3 is 0 Å². The minimum Gasteiger partial charge on any atom is -0.323 e. The van der Waals surface area contributed by atoms with Crippen LogP contribution in [0.4, 0.5) is 5.69 Å². The van der Waals surface area contributed by atoms with Crippen LogP contribution >= 0.6 is 23.8 Å². The Labute approximate surface area is 93.0 Å². The van der Waals surface area contributed by atoms with Crippen molar-refractivity contribution in [1.82, 2.24) is 0 Å². The molecule has 0 radical (unpaired) electrons. The van der Waals surface area contributed by atoms with Gasteiger partial charge in [0.2, 0.25) is 0 Å². The molecule has 3 nitrogen and oxygen atoms in total. The van der Waals surface area contributed by atoms with E-state index >= 15 is 0 Å². The van der Waals surface area contributed by atoms with Crippen molar-refractivity contribution in [2.24, 2.45) is 5.73 Å². The van der Waals surface area contributed by atoms with E-state index in [0.29, 0.717) is 16.0 Å². The number of hydrogen-bond donors (Lipinski definition) is 3. The highest BCUT2D eigenvalue weighted by Gasteiger charge is 2.00. The monoisotopic (exact) mass is 228 g/mol. The molecule has 1 aromatic carbocycles. The smallest absolute Gasteiger partial charge is 0.292 e. The van der Waals surface area contributed by atoms with E-state index in [-0.39, 0.29) is 0 Å². The van der Waals surface area contributed by atoms with Crippen LogP contribution in [0.1, 0.15) is 6.92 Å². The highest BCUT2D eigenvalue weighted by molar-refractivity contribution is 7.80. The van der Waals surface area contributed by atoms with Crippen molar-refractivity contribution >= 4 is 40.5 Å². The van der Waals surface area contributed by atoms with Gasteiger partial charge in [-0.15, -0.1) is 0 Å². The van der Waals surface area contributed by atoms with Gasteiger partial charge in [-0.1, -0.05) is 11.6 Å². The second kappa shape index (κ2) is 4.93.